The molecule has 0 radical (unpaired) electrons. The van der Waals surface area contributed by atoms with Gasteiger partial charge in [0.05, 0.1) is 5.52 Å². The molecule has 0 aliphatic carbocycles. The predicted molar refractivity (Wildman–Crippen MR) is 143 cm³/mol. The normalized spacial score (nSPS) is 14.4. The minimum atomic E-state index is 0.0229. The van der Waals surface area contributed by atoms with Crippen molar-refractivity contribution in [2.45, 2.75) is 13.3 Å². The first-order valence-corrected chi connectivity index (χ1v) is 12.5. The lowest BCUT2D eigenvalue weighted by molar-refractivity contribution is 0.0767. The number of carbonyl (C=O) groups is 1. The number of fused-ring (bicyclic) bond motifs is 3. The van der Waals surface area contributed by atoms with Crippen LogP contribution in [0.25, 0.3) is 27.9 Å². The molecule has 0 saturated carbocycles. The summed E-state index contributed by atoms with van der Waals surface area (Å²) in [6.07, 6.45) is 0.831. The van der Waals surface area contributed by atoms with Crippen LogP contribution in [-0.4, -0.2) is 56.6 Å². The second kappa shape index (κ2) is 9.24. The number of benzene rings is 3. The fourth-order valence-electron chi connectivity index (χ4n) is 4.76. The van der Waals surface area contributed by atoms with Gasteiger partial charge in [-0.1, -0.05) is 53.6 Å². The van der Waals surface area contributed by atoms with Crippen molar-refractivity contribution < 1.29 is 4.79 Å². The zero-order valence-electron chi connectivity index (χ0n) is 19.9. The fraction of sp³-hybridized carbons (Fsp3) is 0.214. The lowest BCUT2D eigenvalue weighted by atomic mass is 10.1. The Labute approximate surface area is 214 Å². The zero-order valence-corrected chi connectivity index (χ0v) is 20.7. The van der Waals surface area contributed by atoms with Crippen molar-refractivity contribution in [3.63, 3.8) is 0 Å². The van der Waals surface area contributed by atoms with Gasteiger partial charge in [-0.2, -0.15) is 0 Å². The number of carbonyl (C=O) groups excluding carboxylic acids is 1. The molecule has 1 aliphatic heterocycles. The molecule has 0 N–H and O–H groups in total. The summed E-state index contributed by atoms with van der Waals surface area (Å²) in [6.45, 7) is 4.78. The Balaban J connectivity index is 1.39. The molecule has 6 rings (SSSR count). The van der Waals surface area contributed by atoms with E-state index in [1.807, 2.05) is 29.2 Å². The maximum absolute atomic E-state index is 13.1. The number of nitrogens with zero attached hydrogens (tertiary/aromatic N) is 6. The maximum Gasteiger partial charge on any atom is 0.253 e. The molecule has 2 aromatic heterocycles. The van der Waals surface area contributed by atoms with Crippen LogP contribution in [0.15, 0.2) is 72.8 Å². The van der Waals surface area contributed by atoms with E-state index in [2.05, 4.69) is 50.7 Å². The SMILES string of the molecule is Cc1ccc(-c2nnc3c4ccccc4nc(N4CCCN(C(=O)c5ccc(Cl)cc5)CC4)n23)cc1. The van der Waals surface area contributed by atoms with E-state index in [-0.39, 0.29) is 5.91 Å². The molecule has 0 bridgehead atoms. The summed E-state index contributed by atoms with van der Waals surface area (Å²) in [6, 6.07) is 23.4. The van der Waals surface area contributed by atoms with Crippen LogP contribution >= 0.6 is 11.6 Å². The van der Waals surface area contributed by atoms with Gasteiger partial charge in [0.1, 0.15) is 0 Å². The van der Waals surface area contributed by atoms with Crippen molar-refractivity contribution in [1.29, 1.82) is 0 Å². The van der Waals surface area contributed by atoms with E-state index in [1.165, 1.54) is 5.56 Å². The van der Waals surface area contributed by atoms with E-state index in [0.29, 0.717) is 30.2 Å². The summed E-state index contributed by atoms with van der Waals surface area (Å²) in [7, 11) is 0. The van der Waals surface area contributed by atoms with E-state index in [0.717, 1.165) is 46.9 Å². The third kappa shape index (κ3) is 4.05. The molecule has 3 heterocycles. The van der Waals surface area contributed by atoms with E-state index in [9.17, 15) is 4.79 Å². The van der Waals surface area contributed by atoms with Crippen molar-refractivity contribution in [2.75, 3.05) is 31.1 Å². The number of halogens is 1. The summed E-state index contributed by atoms with van der Waals surface area (Å²) >= 11 is 6.01. The second-order valence-electron chi connectivity index (χ2n) is 9.12. The molecule has 5 aromatic rings. The number of hydrogen-bond donors (Lipinski definition) is 0. The number of amides is 1. The first-order valence-electron chi connectivity index (χ1n) is 12.1. The predicted octanol–water partition coefficient (Wildman–Crippen LogP) is 5.26. The van der Waals surface area contributed by atoms with Gasteiger partial charge in [-0.05, 0) is 49.7 Å². The standard InChI is InChI=1S/C28H25ClN6O/c1-19-7-9-20(10-8-19)25-31-32-26-23-5-2-3-6-24(23)30-28(35(25)26)34-16-4-15-33(17-18-34)27(36)21-11-13-22(29)14-12-21/h2-3,5-14H,4,15-18H2,1H3. The van der Waals surface area contributed by atoms with Gasteiger partial charge in [0.15, 0.2) is 11.5 Å². The van der Waals surface area contributed by atoms with Crippen molar-refractivity contribution in [2.24, 2.45) is 0 Å². The van der Waals surface area contributed by atoms with Crippen LogP contribution in [-0.2, 0) is 0 Å². The molecule has 1 aliphatic rings. The quantitative estimate of drug-likeness (QED) is 0.341. The van der Waals surface area contributed by atoms with Gasteiger partial charge in [-0.25, -0.2) is 9.38 Å². The molecule has 3 aromatic carbocycles. The number of aromatic nitrogens is 4. The molecule has 1 amide bonds. The Morgan fingerprint density at radius 2 is 1.64 bits per heavy atom. The number of anilines is 1. The van der Waals surface area contributed by atoms with Crippen LogP contribution in [0.5, 0.6) is 0 Å². The van der Waals surface area contributed by atoms with E-state index in [1.54, 1.807) is 24.3 Å². The third-order valence-electron chi connectivity index (χ3n) is 6.70. The molecule has 36 heavy (non-hydrogen) atoms. The fourth-order valence-corrected chi connectivity index (χ4v) is 4.89. The van der Waals surface area contributed by atoms with Crippen LogP contribution in [0, 0.1) is 6.92 Å². The molecule has 1 fully saturated rings. The van der Waals surface area contributed by atoms with Crippen LogP contribution in [0.2, 0.25) is 5.02 Å². The first-order chi connectivity index (χ1) is 17.6. The summed E-state index contributed by atoms with van der Waals surface area (Å²) in [5, 5.41) is 10.8. The number of aryl methyl sites for hydroxylation is 1. The van der Waals surface area contributed by atoms with Gasteiger partial charge in [0.2, 0.25) is 5.95 Å². The van der Waals surface area contributed by atoms with Crippen molar-refractivity contribution >= 4 is 40.0 Å². The number of para-hydroxylation sites is 1. The van der Waals surface area contributed by atoms with Crippen LogP contribution in [0.3, 0.4) is 0 Å². The molecule has 180 valence electrons. The van der Waals surface area contributed by atoms with Crippen molar-refractivity contribution in [3.05, 3.63) is 88.9 Å². The highest BCUT2D eigenvalue weighted by Gasteiger charge is 2.25. The molecule has 1 saturated heterocycles. The third-order valence-corrected chi connectivity index (χ3v) is 6.95. The minimum Gasteiger partial charge on any atom is -0.340 e. The molecule has 8 heteroatoms. The van der Waals surface area contributed by atoms with Gasteiger partial charge in [-0.15, -0.1) is 10.2 Å². The Bertz CT molecular complexity index is 1560. The first kappa shape index (κ1) is 22.5. The summed E-state index contributed by atoms with van der Waals surface area (Å²) in [5.41, 5.74) is 4.49. The topological polar surface area (TPSA) is 66.6 Å². The average molecular weight is 497 g/mol. The lowest BCUT2D eigenvalue weighted by Gasteiger charge is -2.24. The second-order valence-corrected chi connectivity index (χ2v) is 9.55. The zero-order chi connectivity index (χ0) is 24.6. The monoisotopic (exact) mass is 496 g/mol. The molecule has 0 unspecified atom stereocenters. The minimum absolute atomic E-state index is 0.0229. The van der Waals surface area contributed by atoms with Gasteiger partial charge in [0, 0.05) is 47.7 Å². The van der Waals surface area contributed by atoms with E-state index in [4.69, 9.17) is 16.6 Å². The Morgan fingerprint density at radius 1 is 0.861 bits per heavy atom. The molecule has 0 spiro atoms. The Kier molecular flexibility index (Phi) is 5.77. The highest BCUT2D eigenvalue weighted by molar-refractivity contribution is 6.30. The Hall–Kier alpha value is -3.97. The number of hydrogen-bond acceptors (Lipinski definition) is 5. The molecule has 7 nitrogen and oxygen atoms in total. The molecular weight excluding hydrogens is 472 g/mol. The van der Waals surface area contributed by atoms with Crippen molar-refractivity contribution in [1.82, 2.24) is 24.5 Å². The summed E-state index contributed by atoms with van der Waals surface area (Å²) in [4.78, 5) is 22.4. The highest BCUT2D eigenvalue weighted by Crippen LogP contribution is 2.29. The Morgan fingerprint density at radius 3 is 2.44 bits per heavy atom. The van der Waals surface area contributed by atoms with Crippen LogP contribution in [0.1, 0.15) is 22.3 Å². The largest absolute Gasteiger partial charge is 0.340 e. The molecule has 0 atom stereocenters. The van der Waals surface area contributed by atoms with Gasteiger partial charge < -0.3 is 9.80 Å². The number of rotatable bonds is 3. The lowest BCUT2D eigenvalue weighted by Crippen LogP contribution is -2.36. The summed E-state index contributed by atoms with van der Waals surface area (Å²) in [5.74, 6) is 1.58. The van der Waals surface area contributed by atoms with Crippen LogP contribution < -0.4 is 4.90 Å². The van der Waals surface area contributed by atoms with Gasteiger partial charge in [-0.3, -0.25) is 4.79 Å². The van der Waals surface area contributed by atoms with Gasteiger partial charge in [0.25, 0.3) is 5.91 Å². The molecular formula is C28H25ClN6O. The maximum atomic E-state index is 13.1. The van der Waals surface area contributed by atoms with Gasteiger partial charge >= 0.3 is 0 Å². The van der Waals surface area contributed by atoms with Crippen molar-refractivity contribution in [3.8, 4) is 11.4 Å². The average Bonchev–Trinajstić information content (AvgIpc) is 3.20. The van der Waals surface area contributed by atoms with Crippen LogP contribution in [0.4, 0.5) is 5.95 Å². The smallest absolute Gasteiger partial charge is 0.253 e. The van der Waals surface area contributed by atoms with E-state index < -0.39 is 0 Å². The van der Waals surface area contributed by atoms with E-state index >= 15 is 0 Å². The summed E-state index contributed by atoms with van der Waals surface area (Å²) < 4.78 is 2.06. The highest BCUT2D eigenvalue weighted by atomic mass is 35.5.